The molecule has 4 rings (SSSR count). The van der Waals surface area contributed by atoms with Crippen LogP contribution in [0.4, 0.5) is 4.39 Å². The Morgan fingerprint density at radius 1 is 1.07 bits per heavy atom. The molecule has 0 atom stereocenters. The zero-order valence-corrected chi connectivity index (χ0v) is 16.0. The monoisotopic (exact) mass is 398 g/mol. The quantitative estimate of drug-likeness (QED) is 0.841. The number of hydrogen-bond donors (Lipinski definition) is 1. The van der Waals surface area contributed by atoms with Gasteiger partial charge in [0.2, 0.25) is 12.7 Å². The van der Waals surface area contributed by atoms with Crippen LogP contribution in [-0.4, -0.2) is 42.6 Å². The summed E-state index contributed by atoms with van der Waals surface area (Å²) in [6.45, 7) is 1.23. The van der Waals surface area contributed by atoms with Crippen molar-refractivity contribution >= 4 is 11.8 Å². The Kier molecular flexibility index (Phi) is 5.64. The molecular formula is C22H23FN2O4. The third-order valence-corrected chi connectivity index (χ3v) is 5.33. The first-order chi connectivity index (χ1) is 14.1. The molecule has 1 fully saturated rings. The van der Waals surface area contributed by atoms with Crippen LogP contribution in [0.25, 0.3) is 0 Å². The molecule has 2 amide bonds. The van der Waals surface area contributed by atoms with Gasteiger partial charge in [0, 0.05) is 25.6 Å². The number of rotatable bonds is 5. The number of nitrogens with one attached hydrogen (secondary N) is 1. The number of amides is 2. The highest BCUT2D eigenvalue weighted by molar-refractivity contribution is 5.94. The second-order valence-corrected chi connectivity index (χ2v) is 7.30. The highest BCUT2D eigenvalue weighted by atomic mass is 19.1. The van der Waals surface area contributed by atoms with E-state index in [9.17, 15) is 14.0 Å². The molecule has 2 aliphatic rings. The smallest absolute Gasteiger partial charge is 0.256 e. The number of fused-ring (bicyclic) bond motifs is 1. The van der Waals surface area contributed by atoms with Crippen molar-refractivity contribution in [3.8, 4) is 11.5 Å². The van der Waals surface area contributed by atoms with Crippen molar-refractivity contribution in [1.82, 2.24) is 10.2 Å². The highest BCUT2D eigenvalue weighted by Crippen LogP contribution is 2.32. The zero-order chi connectivity index (χ0) is 20.2. The average molecular weight is 398 g/mol. The van der Waals surface area contributed by atoms with E-state index in [4.69, 9.17) is 9.47 Å². The Bertz CT molecular complexity index is 909. The standard InChI is InChI=1S/C22H23FN2O4/c23-18-4-2-1-3-17(18)22(27)25-11-9-16(10-12-25)24-21(26)8-6-15-5-7-19-20(13-15)29-14-28-19/h1-5,7,13,16H,6,8-12,14H2,(H,24,26). The molecule has 0 bridgehead atoms. The number of carbonyl (C=O) groups is 2. The minimum Gasteiger partial charge on any atom is -0.454 e. The van der Waals surface area contributed by atoms with Crippen LogP contribution in [0.5, 0.6) is 11.5 Å². The molecule has 0 radical (unpaired) electrons. The first-order valence-corrected chi connectivity index (χ1v) is 9.82. The molecule has 0 spiro atoms. The van der Waals surface area contributed by atoms with Crippen molar-refractivity contribution in [1.29, 1.82) is 0 Å². The van der Waals surface area contributed by atoms with Gasteiger partial charge in [0.1, 0.15) is 5.82 Å². The minimum absolute atomic E-state index is 0.0125. The van der Waals surface area contributed by atoms with Crippen LogP contribution in [0.15, 0.2) is 42.5 Å². The maximum atomic E-state index is 13.8. The molecule has 152 valence electrons. The second-order valence-electron chi connectivity index (χ2n) is 7.30. The van der Waals surface area contributed by atoms with E-state index < -0.39 is 5.82 Å². The highest BCUT2D eigenvalue weighted by Gasteiger charge is 2.26. The third kappa shape index (κ3) is 4.50. The Morgan fingerprint density at radius 2 is 1.83 bits per heavy atom. The second kappa shape index (κ2) is 8.51. The molecule has 2 heterocycles. The molecule has 0 aliphatic carbocycles. The predicted octanol–water partition coefficient (Wildman–Crippen LogP) is 2.91. The summed E-state index contributed by atoms with van der Waals surface area (Å²) < 4.78 is 24.5. The summed E-state index contributed by atoms with van der Waals surface area (Å²) in [5, 5.41) is 3.05. The number of likely N-dealkylation sites (tertiary alicyclic amines) is 1. The van der Waals surface area contributed by atoms with E-state index in [0.717, 1.165) is 17.1 Å². The fourth-order valence-corrected chi connectivity index (χ4v) is 3.69. The van der Waals surface area contributed by atoms with Crippen LogP contribution < -0.4 is 14.8 Å². The van der Waals surface area contributed by atoms with Crippen LogP contribution >= 0.6 is 0 Å². The van der Waals surface area contributed by atoms with Gasteiger partial charge in [-0.25, -0.2) is 4.39 Å². The maximum Gasteiger partial charge on any atom is 0.256 e. The third-order valence-electron chi connectivity index (χ3n) is 5.33. The Balaban J connectivity index is 1.23. The van der Waals surface area contributed by atoms with Crippen molar-refractivity contribution in [3.63, 3.8) is 0 Å². The van der Waals surface area contributed by atoms with Crippen molar-refractivity contribution in [2.24, 2.45) is 0 Å². The molecule has 1 N–H and O–H groups in total. The summed E-state index contributed by atoms with van der Waals surface area (Å²) in [5.74, 6) is 0.637. The minimum atomic E-state index is -0.503. The van der Waals surface area contributed by atoms with E-state index in [-0.39, 0.29) is 30.2 Å². The van der Waals surface area contributed by atoms with Crippen molar-refractivity contribution in [2.45, 2.75) is 31.7 Å². The van der Waals surface area contributed by atoms with E-state index in [1.165, 1.54) is 12.1 Å². The van der Waals surface area contributed by atoms with Gasteiger partial charge in [-0.3, -0.25) is 9.59 Å². The molecule has 7 heteroatoms. The van der Waals surface area contributed by atoms with Crippen molar-refractivity contribution < 1.29 is 23.5 Å². The van der Waals surface area contributed by atoms with E-state index in [0.29, 0.717) is 38.8 Å². The molecule has 6 nitrogen and oxygen atoms in total. The zero-order valence-electron chi connectivity index (χ0n) is 16.0. The number of piperidine rings is 1. The lowest BCUT2D eigenvalue weighted by molar-refractivity contribution is -0.122. The summed E-state index contributed by atoms with van der Waals surface area (Å²) in [4.78, 5) is 26.4. The fraction of sp³-hybridized carbons (Fsp3) is 0.364. The summed E-state index contributed by atoms with van der Waals surface area (Å²) in [6, 6.07) is 11.8. The topological polar surface area (TPSA) is 67.9 Å². The molecule has 0 saturated carbocycles. The van der Waals surface area contributed by atoms with Crippen molar-refractivity contribution in [3.05, 3.63) is 59.4 Å². The average Bonchev–Trinajstić information content (AvgIpc) is 3.21. The summed E-state index contributed by atoms with van der Waals surface area (Å²) in [6.07, 6.45) is 2.33. The summed E-state index contributed by atoms with van der Waals surface area (Å²) >= 11 is 0. The lowest BCUT2D eigenvalue weighted by atomic mass is 10.0. The van der Waals surface area contributed by atoms with Gasteiger partial charge in [0.05, 0.1) is 5.56 Å². The first kappa shape index (κ1) is 19.2. The van der Waals surface area contributed by atoms with Gasteiger partial charge in [-0.1, -0.05) is 18.2 Å². The lowest BCUT2D eigenvalue weighted by Crippen LogP contribution is -2.46. The SMILES string of the molecule is O=C(CCc1ccc2c(c1)OCO2)NC1CCN(C(=O)c2ccccc2F)CC1. The summed E-state index contributed by atoms with van der Waals surface area (Å²) in [5.41, 5.74) is 1.12. The van der Waals surface area contributed by atoms with Gasteiger partial charge in [-0.2, -0.15) is 0 Å². The molecule has 2 aliphatic heterocycles. The molecule has 2 aromatic rings. The van der Waals surface area contributed by atoms with Crippen molar-refractivity contribution in [2.75, 3.05) is 19.9 Å². The first-order valence-electron chi connectivity index (χ1n) is 9.82. The molecule has 0 unspecified atom stereocenters. The lowest BCUT2D eigenvalue weighted by Gasteiger charge is -2.32. The van der Waals surface area contributed by atoms with E-state index >= 15 is 0 Å². The van der Waals surface area contributed by atoms with E-state index in [2.05, 4.69) is 5.32 Å². The van der Waals surface area contributed by atoms with Crippen LogP contribution in [-0.2, 0) is 11.2 Å². The number of hydrogen-bond acceptors (Lipinski definition) is 4. The maximum absolute atomic E-state index is 13.8. The molecular weight excluding hydrogens is 375 g/mol. The Labute approximate surface area is 168 Å². The van der Waals surface area contributed by atoms with Gasteiger partial charge in [-0.05, 0) is 49.1 Å². The normalized spacial score (nSPS) is 16.0. The fourth-order valence-electron chi connectivity index (χ4n) is 3.69. The number of halogens is 1. The Hall–Kier alpha value is -3.09. The largest absolute Gasteiger partial charge is 0.454 e. The van der Waals surface area contributed by atoms with E-state index in [1.54, 1.807) is 17.0 Å². The van der Waals surface area contributed by atoms with Gasteiger partial charge in [0.25, 0.3) is 5.91 Å². The number of nitrogens with zero attached hydrogens (tertiary/aromatic N) is 1. The molecule has 2 aromatic carbocycles. The summed E-state index contributed by atoms with van der Waals surface area (Å²) in [7, 11) is 0. The van der Waals surface area contributed by atoms with Crippen LogP contribution in [0.2, 0.25) is 0 Å². The van der Waals surface area contributed by atoms with Crippen LogP contribution in [0, 0.1) is 5.82 Å². The Morgan fingerprint density at radius 3 is 2.62 bits per heavy atom. The number of benzene rings is 2. The molecule has 1 saturated heterocycles. The number of ether oxygens (including phenoxy) is 2. The number of carbonyl (C=O) groups excluding carboxylic acids is 2. The van der Waals surface area contributed by atoms with Gasteiger partial charge >= 0.3 is 0 Å². The molecule has 0 aromatic heterocycles. The number of aryl methyl sites for hydroxylation is 1. The molecule has 29 heavy (non-hydrogen) atoms. The van der Waals surface area contributed by atoms with Gasteiger partial charge < -0.3 is 19.7 Å². The predicted molar refractivity (Wildman–Crippen MR) is 104 cm³/mol. The van der Waals surface area contributed by atoms with Gasteiger partial charge in [-0.15, -0.1) is 0 Å². The van der Waals surface area contributed by atoms with E-state index in [1.807, 2.05) is 18.2 Å². The van der Waals surface area contributed by atoms with Crippen LogP contribution in [0.3, 0.4) is 0 Å². The van der Waals surface area contributed by atoms with Gasteiger partial charge in [0.15, 0.2) is 11.5 Å². The van der Waals surface area contributed by atoms with Crippen LogP contribution in [0.1, 0.15) is 35.2 Å².